The molecule has 3 aromatic carbocycles. The summed E-state index contributed by atoms with van der Waals surface area (Å²) >= 11 is 0. The van der Waals surface area contributed by atoms with Crippen molar-refractivity contribution in [3.63, 3.8) is 0 Å². The Balaban J connectivity index is 0.878. The Kier molecular flexibility index (Phi) is 13.6. The number of alkyl carbamates (subject to hydrolysis) is 1. The summed E-state index contributed by atoms with van der Waals surface area (Å²) in [7, 11) is 2.75. The van der Waals surface area contributed by atoms with Gasteiger partial charge in [0.15, 0.2) is 0 Å². The number of nitrogens with one attached hydrogen (secondary N) is 3. The third-order valence-corrected chi connectivity index (χ3v) is 13.4. The predicted octanol–water partition coefficient (Wildman–Crippen LogP) is 5.64. The van der Waals surface area contributed by atoms with Crippen LogP contribution in [0.2, 0.25) is 0 Å². The van der Waals surface area contributed by atoms with Gasteiger partial charge in [-0.15, -0.1) is 0 Å². The highest BCUT2D eigenvalue weighted by molar-refractivity contribution is 5.91. The van der Waals surface area contributed by atoms with E-state index >= 15 is 0 Å². The molecule has 4 atom stereocenters. The lowest BCUT2D eigenvalue weighted by molar-refractivity contribution is -0.148. The summed E-state index contributed by atoms with van der Waals surface area (Å²) in [5.74, 6) is 0.519. The summed E-state index contributed by atoms with van der Waals surface area (Å²) in [5, 5.41) is 14.8. The van der Waals surface area contributed by atoms with Crippen LogP contribution in [0.4, 0.5) is 9.59 Å². The number of hydrogen-bond acceptors (Lipinski definition) is 11. The van der Waals surface area contributed by atoms with E-state index in [1.807, 2.05) is 30.6 Å². The zero-order valence-corrected chi connectivity index (χ0v) is 37.1. The first-order chi connectivity index (χ1) is 32.2. The number of amides is 4. The molecule has 4 aliphatic rings. The Bertz CT molecular complexity index is 2520. The van der Waals surface area contributed by atoms with E-state index in [1.165, 1.54) is 14.2 Å². The fraction of sp³-hybridized carbons (Fsp3) is 0.458. The Morgan fingerprint density at radius 1 is 0.682 bits per heavy atom. The summed E-state index contributed by atoms with van der Waals surface area (Å²) < 4.78 is 27.6. The molecule has 0 radical (unpaired) electrons. The van der Waals surface area contributed by atoms with Gasteiger partial charge in [-0.2, -0.15) is 0 Å². The number of carbonyl (C=O) groups is 4. The maximum absolute atomic E-state index is 14.2. The number of imidazole rings is 2. The lowest BCUT2D eigenvalue weighted by atomic mass is 9.89. The Labute approximate surface area is 381 Å². The standard InChI is InChI=1S/C48H56N8O10/c1-54(48(60)61)42(32-13-19-64-20-14-32)46(58)56-16-22-66-28-40(56)44-49-25-37(51-44)30-5-3-29(4-6-30)33-7-8-35-24-36(10-9-34(35)23-33)38-26-50-43(52-38)39-27-65-21-15-55(39)45(57)41(53-47(59)62-2)31-11-17-63-18-12-31/h3-10,23-26,31-32,39-42H,11-22,27-28H2,1-2H3,(H,49,51)(H,50,52)(H,53,59)(H,60,61)/t39-,40-,41-,42-/m0/s1. The van der Waals surface area contributed by atoms with E-state index in [-0.39, 0.29) is 36.9 Å². The van der Waals surface area contributed by atoms with Crippen LogP contribution in [0.5, 0.6) is 0 Å². The van der Waals surface area contributed by atoms with Crippen molar-refractivity contribution < 1.29 is 48.0 Å². The molecule has 66 heavy (non-hydrogen) atoms. The van der Waals surface area contributed by atoms with Gasteiger partial charge in [0, 0.05) is 70.1 Å². The van der Waals surface area contributed by atoms with E-state index in [4.69, 9.17) is 33.7 Å². The summed E-state index contributed by atoms with van der Waals surface area (Å²) in [6.07, 6.45) is 4.41. The molecule has 0 aliphatic carbocycles. The quantitative estimate of drug-likeness (QED) is 0.127. The van der Waals surface area contributed by atoms with Crippen LogP contribution in [0.3, 0.4) is 0 Å². The minimum absolute atomic E-state index is 0.0798. The van der Waals surface area contributed by atoms with Gasteiger partial charge in [0.05, 0.1) is 44.9 Å². The van der Waals surface area contributed by atoms with Crippen LogP contribution in [0.25, 0.3) is 44.4 Å². The number of morpholine rings is 2. The largest absolute Gasteiger partial charge is 0.465 e. The van der Waals surface area contributed by atoms with Gasteiger partial charge in [0.25, 0.3) is 0 Å². The molecule has 4 N–H and O–H groups in total. The molecule has 18 nitrogen and oxygen atoms in total. The van der Waals surface area contributed by atoms with Gasteiger partial charge >= 0.3 is 12.2 Å². The minimum atomic E-state index is -1.14. The van der Waals surface area contributed by atoms with Gasteiger partial charge in [0.1, 0.15) is 35.8 Å². The normalized spacial score (nSPS) is 20.7. The van der Waals surface area contributed by atoms with Crippen LogP contribution in [0, 0.1) is 11.8 Å². The molecule has 0 saturated carbocycles. The number of methoxy groups -OCH3 is 1. The van der Waals surface area contributed by atoms with Crippen molar-refractivity contribution in [2.45, 2.75) is 49.9 Å². The van der Waals surface area contributed by atoms with Crippen molar-refractivity contribution in [3.8, 4) is 33.6 Å². The molecule has 5 aromatic rings. The molecule has 0 spiro atoms. The highest BCUT2D eigenvalue weighted by atomic mass is 16.5. The minimum Gasteiger partial charge on any atom is -0.465 e. The zero-order valence-electron chi connectivity index (χ0n) is 37.1. The fourth-order valence-corrected chi connectivity index (χ4v) is 9.72. The number of benzene rings is 3. The molecule has 348 valence electrons. The van der Waals surface area contributed by atoms with Gasteiger partial charge in [0.2, 0.25) is 11.8 Å². The number of H-pyrrole nitrogens is 2. The predicted molar refractivity (Wildman–Crippen MR) is 241 cm³/mol. The van der Waals surface area contributed by atoms with Crippen molar-refractivity contribution in [2.75, 3.05) is 80.1 Å². The topological polar surface area (TPSA) is 214 Å². The average molecular weight is 905 g/mol. The number of carbonyl (C=O) groups excluding carboxylic acids is 3. The monoisotopic (exact) mass is 904 g/mol. The van der Waals surface area contributed by atoms with Crippen LogP contribution in [0.15, 0.2) is 73.1 Å². The molecule has 2 aromatic heterocycles. The van der Waals surface area contributed by atoms with Gasteiger partial charge in [-0.3, -0.25) is 14.5 Å². The first kappa shape index (κ1) is 44.8. The van der Waals surface area contributed by atoms with E-state index in [1.54, 1.807) is 9.80 Å². The second-order valence-corrected chi connectivity index (χ2v) is 17.3. The third kappa shape index (κ3) is 9.49. The summed E-state index contributed by atoms with van der Waals surface area (Å²) in [6.45, 7) is 3.99. The molecule has 9 rings (SSSR count). The maximum atomic E-state index is 14.2. The van der Waals surface area contributed by atoms with Crippen molar-refractivity contribution in [3.05, 3.63) is 84.7 Å². The molecule has 18 heteroatoms. The number of carboxylic acid groups (broad SMARTS) is 1. The zero-order chi connectivity index (χ0) is 45.7. The molecule has 6 heterocycles. The number of nitrogens with zero attached hydrogens (tertiary/aromatic N) is 5. The molecule has 4 amide bonds. The molecular formula is C48H56N8O10. The van der Waals surface area contributed by atoms with Crippen LogP contribution in [-0.2, 0) is 33.3 Å². The molecule has 4 aliphatic heterocycles. The fourth-order valence-electron chi connectivity index (χ4n) is 9.72. The lowest BCUT2D eigenvalue weighted by Gasteiger charge is -2.41. The van der Waals surface area contributed by atoms with Gasteiger partial charge in [-0.1, -0.05) is 48.5 Å². The average Bonchev–Trinajstić information content (AvgIpc) is 4.08. The first-order valence-electron chi connectivity index (χ1n) is 22.6. The molecule has 4 fully saturated rings. The number of rotatable bonds is 11. The highest BCUT2D eigenvalue weighted by Crippen LogP contribution is 2.34. The number of hydrogen-bond donors (Lipinski definition) is 4. The van der Waals surface area contributed by atoms with Crippen molar-refractivity contribution in [2.24, 2.45) is 11.8 Å². The maximum Gasteiger partial charge on any atom is 0.407 e. The van der Waals surface area contributed by atoms with Crippen molar-refractivity contribution in [1.29, 1.82) is 0 Å². The second-order valence-electron chi connectivity index (χ2n) is 17.3. The van der Waals surface area contributed by atoms with Crippen LogP contribution < -0.4 is 5.32 Å². The third-order valence-electron chi connectivity index (χ3n) is 13.4. The van der Waals surface area contributed by atoms with E-state index in [0.29, 0.717) is 90.1 Å². The Morgan fingerprint density at radius 3 is 1.76 bits per heavy atom. The number of aromatic amines is 2. The van der Waals surface area contributed by atoms with Crippen molar-refractivity contribution in [1.82, 2.24) is 40.0 Å². The van der Waals surface area contributed by atoms with Gasteiger partial charge in [-0.25, -0.2) is 19.6 Å². The molecule has 4 saturated heterocycles. The SMILES string of the molecule is COC(=O)N[C@H](C(=O)N1CCOC[C@H]1c1nc(-c2ccc3cc(-c4ccc(-c5c[nH]c([C@@H]6COCCN6C(=O)[C@H](C6CCOCC6)N(C)C(=O)O)n5)cc4)ccc3c2)c[nH]1)C1CCOCC1. The summed E-state index contributed by atoms with van der Waals surface area (Å²) in [4.78, 5) is 73.8. The molecular weight excluding hydrogens is 849 g/mol. The van der Waals surface area contributed by atoms with E-state index < -0.39 is 36.4 Å². The molecule has 0 unspecified atom stereocenters. The summed E-state index contributed by atoms with van der Waals surface area (Å²) in [6, 6.07) is 18.2. The number of likely N-dealkylation sites (N-methyl/N-ethyl adjacent to an activating group) is 1. The van der Waals surface area contributed by atoms with E-state index in [2.05, 4.69) is 57.7 Å². The van der Waals surface area contributed by atoms with Crippen LogP contribution >= 0.6 is 0 Å². The Hall–Kier alpha value is -6.34. The van der Waals surface area contributed by atoms with Crippen LogP contribution in [0.1, 0.15) is 49.4 Å². The van der Waals surface area contributed by atoms with E-state index in [0.717, 1.165) is 49.3 Å². The van der Waals surface area contributed by atoms with Crippen molar-refractivity contribution >= 4 is 34.8 Å². The lowest BCUT2D eigenvalue weighted by Crippen LogP contribution is -2.56. The van der Waals surface area contributed by atoms with E-state index in [9.17, 15) is 24.3 Å². The Morgan fingerprint density at radius 2 is 1.18 bits per heavy atom. The van der Waals surface area contributed by atoms with Crippen LogP contribution in [-0.4, -0.2) is 156 Å². The number of ether oxygens (including phenoxy) is 5. The summed E-state index contributed by atoms with van der Waals surface area (Å²) in [5.41, 5.74) is 5.35. The van der Waals surface area contributed by atoms with Gasteiger partial charge in [-0.05, 0) is 71.6 Å². The second kappa shape index (κ2) is 20.0. The van der Waals surface area contributed by atoms with Gasteiger partial charge < -0.3 is 53.9 Å². The smallest absolute Gasteiger partial charge is 0.407 e. The highest BCUT2D eigenvalue weighted by Gasteiger charge is 2.42. The number of fused-ring (bicyclic) bond motifs is 1. The number of aromatic nitrogens is 4. The molecule has 0 bridgehead atoms. The first-order valence-corrected chi connectivity index (χ1v) is 22.6.